The molecule has 2 unspecified atom stereocenters. The molecular weight excluding hydrogens is 226 g/mol. The van der Waals surface area contributed by atoms with Crippen molar-refractivity contribution in [2.75, 3.05) is 18.0 Å². The van der Waals surface area contributed by atoms with Crippen molar-refractivity contribution in [3.05, 3.63) is 12.0 Å². The molecule has 0 amide bonds. The summed E-state index contributed by atoms with van der Waals surface area (Å²) in [7, 11) is 0. The minimum Gasteiger partial charge on any atom is -0.432 e. The zero-order valence-corrected chi connectivity index (χ0v) is 11.9. The van der Waals surface area contributed by atoms with E-state index in [1.54, 1.807) is 6.26 Å². The van der Waals surface area contributed by atoms with Gasteiger partial charge in [-0.2, -0.15) is 4.98 Å². The number of nitrogens with zero attached hydrogens (tertiary/aromatic N) is 2. The van der Waals surface area contributed by atoms with Gasteiger partial charge in [-0.1, -0.05) is 20.8 Å². The highest BCUT2D eigenvalue weighted by Crippen LogP contribution is 2.27. The van der Waals surface area contributed by atoms with Crippen LogP contribution in [0.25, 0.3) is 0 Å². The van der Waals surface area contributed by atoms with E-state index in [1.165, 1.54) is 6.42 Å². The van der Waals surface area contributed by atoms with Gasteiger partial charge in [0.15, 0.2) is 0 Å². The first-order chi connectivity index (χ1) is 8.56. The minimum absolute atomic E-state index is 0.537. The number of hydrogen-bond acceptors (Lipinski definition) is 4. The average molecular weight is 251 g/mol. The van der Waals surface area contributed by atoms with E-state index >= 15 is 0 Å². The van der Waals surface area contributed by atoms with Crippen molar-refractivity contribution in [3.8, 4) is 0 Å². The van der Waals surface area contributed by atoms with E-state index in [2.05, 4.69) is 42.9 Å². The van der Waals surface area contributed by atoms with Crippen molar-refractivity contribution in [1.82, 2.24) is 10.3 Å². The molecule has 1 aliphatic rings. The van der Waals surface area contributed by atoms with Crippen LogP contribution in [0.5, 0.6) is 0 Å². The zero-order valence-electron chi connectivity index (χ0n) is 11.9. The number of oxazole rings is 1. The highest BCUT2D eigenvalue weighted by molar-refractivity contribution is 5.31. The van der Waals surface area contributed by atoms with Crippen LogP contribution in [-0.2, 0) is 6.54 Å². The average Bonchev–Trinajstić information content (AvgIpc) is 2.85. The fourth-order valence-electron chi connectivity index (χ4n) is 2.56. The second-order valence-corrected chi connectivity index (χ2v) is 5.99. The van der Waals surface area contributed by atoms with Gasteiger partial charge in [0.2, 0.25) is 0 Å². The third-order valence-electron chi connectivity index (χ3n) is 3.43. The topological polar surface area (TPSA) is 41.3 Å². The van der Waals surface area contributed by atoms with Crippen LogP contribution < -0.4 is 10.2 Å². The van der Waals surface area contributed by atoms with Gasteiger partial charge < -0.3 is 14.6 Å². The second-order valence-electron chi connectivity index (χ2n) is 5.99. The van der Waals surface area contributed by atoms with E-state index in [0.717, 1.165) is 37.3 Å². The Morgan fingerprint density at radius 3 is 2.89 bits per heavy atom. The second kappa shape index (κ2) is 5.74. The van der Waals surface area contributed by atoms with Gasteiger partial charge in [0.25, 0.3) is 6.01 Å². The van der Waals surface area contributed by atoms with Crippen LogP contribution in [0.3, 0.4) is 0 Å². The van der Waals surface area contributed by atoms with E-state index < -0.39 is 0 Å². The Morgan fingerprint density at radius 2 is 2.28 bits per heavy atom. The minimum atomic E-state index is 0.537. The van der Waals surface area contributed by atoms with Gasteiger partial charge in [0.05, 0.1) is 5.69 Å². The lowest BCUT2D eigenvalue weighted by atomic mass is 10.1. The lowest BCUT2D eigenvalue weighted by molar-refractivity contribution is 0.525. The molecule has 0 bridgehead atoms. The number of aromatic nitrogens is 1. The predicted octanol–water partition coefficient (Wildman–Crippen LogP) is 2.65. The molecule has 1 aliphatic heterocycles. The van der Waals surface area contributed by atoms with Crippen molar-refractivity contribution in [2.45, 2.75) is 46.7 Å². The maximum absolute atomic E-state index is 5.60. The highest BCUT2D eigenvalue weighted by Gasteiger charge is 2.29. The molecule has 2 atom stereocenters. The third-order valence-corrected chi connectivity index (χ3v) is 3.43. The maximum atomic E-state index is 5.60. The first kappa shape index (κ1) is 13.4. The molecule has 2 heterocycles. The molecule has 1 aromatic rings. The zero-order chi connectivity index (χ0) is 13.1. The number of nitrogens with one attached hydrogen (secondary N) is 1. The quantitative estimate of drug-likeness (QED) is 0.873. The van der Waals surface area contributed by atoms with Crippen molar-refractivity contribution in [3.63, 3.8) is 0 Å². The Kier molecular flexibility index (Phi) is 4.27. The van der Waals surface area contributed by atoms with Crippen LogP contribution in [0.4, 0.5) is 6.01 Å². The van der Waals surface area contributed by atoms with Crippen LogP contribution in [0.2, 0.25) is 0 Å². The molecule has 1 N–H and O–H groups in total. The molecule has 4 nitrogen and oxygen atoms in total. The first-order valence-electron chi connectivity index (χ1n) is 6.98. The molecule has 1 fully saturated rings. The van der Waals surface area contributed by atoms with E-state index in [4.69, 9.17) is 4.42 Å². The summed E-state index contributed by atoms with van der Waals surface area (Å²) < 4.78 is 5.60. The summed E-state index contributed by atoms with van der Waals surface area (Å²) in [5.41, 5.74) is 0.998. The lowest BCUT2D eigenvalue weighted by Gasteiger charge is -2.18. The van der Waals surface area contributed by atoms with Gasteiger partial charge in [-0.25, -0.2) is 0 Å². The summed E-state index contributed by atoms with van der Waals surface area (Å²) in [4.78, 5) is 6.85. The normalized spacial score (nSPS) is 24.2. The number of hydrogen-bond donors (Lipinski definition) is 1. The summed E-state index contributed by atoms with van der Waals surface area (Å²) in [6.45, 7) is 11.8. The number of rotatable bonds is 5. The molecule has 1 aromatic heterocycles. The van der Waals surface area contributed by atoms with Crippen molar-refractivity contribution in [2.24, 2.45) is 11.8 Å². The summed E-state index contributed by atoms with van der Waals surface area (Å²) in [5, 5.41) is 3.38. The largest absolute Gasteiger partial charge is 0.432 e. The van der Waals surface area contributed by atoms with Crippen LogP contribution in [0, 0.1) is 11.8 Å². The van der Waals surface area contributed by atoms with Crippen molar-refractivity contribution >= 4 is 6.01 Å². The standard InChI is InChI=1S/C14H25N3O/c1-10(2)6-15-7-13-9-18-14(16-13)17-8-11(3)5-12(17)4/h9-12,15H,5-8H2,1-4H3. The Bertz CT molecular complexity index is 375. The molecule has 4 heteroatoms. The van der Waals surface area contributed by atoms with Gasteiger partial charge in [-0.15, -0.1) is 0 Å². The highest BCUT2D eigenvalue weighted by atomic mass is 16.4. The van der Waals surface area contributed by atoms with Crippen molar-refractivity contribution < 1.29 is 4.42 Å². The predicted molar refractivity (Wildman–Crippen MR) is 73.6 cm³/mol. The van der Waals surface area contributed by atoms with E-state index in [-0.39, 0.29) is 0 Å². The summed E-state index contributed by atoms with van der Waals surface area (Å²) in [5.74, 6) is 1.39. The first-order valence-corrected chi connectivity index (χ1v) is 6.98. The monoisotopic (exact) mass is 251 g/mol. The van der Waals surface area contributed by atoms with Gasteiger partial charge in [-0.3, -0.25) is 0 Å². The molecule has 102 valence electrons. The maximum Gasteiger partial charge on any atom is 0.297 e. The summed E-state index contributed by atoms with van der Waals surface area (Å²) in [6.07, 6.45) is 3.00. The van der Waals surface area contributed by atoms with Crippen LogP contribution in [0.15, 0.2) is 10.7 Å². The SMILES string of the molecule is CC(C)CNCc1coc(N2CC(C)CC2C)n1. The molecule has 2 rings (SSSR count). The smallest absolute Gasteiger partial charge is 0.297 e. The molecule has 0 saturated carbocycles. The molecule has 1 saturated heterocycles. The molecule has 18 heavy (non-hydrogen) atoms. The molecule has 0 aliphatic carbocycles. The molecule has 0 radical (unpaired) electrons. The Morgan fingerprint density at radius 1 is 1.50 bits per heavy atom. The van der Waals surface area contributed by atoms with Gasteiger partial charge in [0.1, 0.15) is 6.26 Å². The Labute approximate surface area is 110 Å². The van der Waals surface area contributed by atoms with E-state index in [1.807, 2.05) is 0 Å². The summed E-state index contributed by atoms with van der Waals surface area (Å²) >= 11 is 0. The van der Waals surface area contributed by atoms with Gasteiger partial charge in [-0.05, 0) is 31.7 Å². The summed E-state index contributed by atoms with van der Waals surface area (Å²) in [6, 6.07) is 1.32. The van der Waals surface area contributed by atoms with Gasteiger partial charge >= 0.3 is 0 Å². The molecular formula is C14H25N3O. The van der Waals surface area contributed by atoms with Gasteiger partial charge in [0, 0.05) is 19.1 Å². The Balaban J connectivity index is 1.90. The fourth-order valence-corrected chi connectivity index (χ4v) is 2.56. The van der Waals surface area contributed by atoms with Crippen LogP contribution in [-0.4, -0.2) is 24.1 Å². The lowest BCUT2D eigenvalue weighted by Crippen LogP contribution is -2.27. The number of anilines is 1. The van der Waals surface area contributed by atoms with Crippen LogP contribution in [0.1, 0.15) is 39.8 Å². The molecule has 0 spiro atoms. The van der Waals surface area contributed by atoms with E-state index in [0.29, 0.717) is 12.0 Å². The third kappa shape index (κ3) is 3.25. The Hall–Kier alpha value is -1.03. The van der Waals surface area contributed by atoms with Crippen molar-refractivity contribution in [1.29, 1.82) is 0 Å². The van der Waals surface area contributed by atoms with Crippen LogP contribution >= 0.6 is 0 Å². The fraction of sp³-hybridized carbons (Fsp3) is 0.786. The van der Waals surface area contributed by atoms with E-state index in [9.17, 15) is 0 Å². The molecule has 0 aromatic carbocycles.